The summed E-state index contributed by atoms with van der Waals surface area (Å²) in [6, 6.07) is 0. The molecule has 1 saturated carbocycles. The van der Waals surface area contributed by atoms with Gasteiger partial charge in [-0.25, -0.2) is 0 Å². The lowest BCUT2D eigenvalue weighted by molar-refractivity contribution is -0.287. The molecule has 0 aromatic heterocycles. The fourth-order valence-corrected chi connectivity index (χ4v) is 5.18. The molecule has 0 spiro atoms. The summed E-state index contributed by atoms with van der Waals surface area (Å²) in [4.78, 5) is 0. The van der Waals surface area contributed by atoms with E-state index in [1.165, 1.54) is 77.0 Å². The van der Waals surface area contributed by atoms with Gasteiger partial charge in [0.15, 0.2) is 5.79 Å². The van der Waals surface area contributed by atoms with Crippen LogP contribution in [0, 0.1) is 11.8 Å². The van der Waals surface area contributed by atoms with E-state index in [9.17, 15) is 0 Å². The van der Waals surface area contributed by atoms with Gasteiger partial charge in [-0.2, -0.15) is 0 Å². The van der Waals surface area contributed by atoms with Crippen molar-refractivity contribution in [1.29, 1.82) is 0 Å². The predicted octanol–water partition coefficient (Wildman–Crippen LogP) is 7.27. The molecule has 2 rings (SSSR count). The smallest absolute Gasteiger partial charge is 0.168 e. The lowest BCUT2D eigenvalue weighted by Gasteiger charge is -2.41. The molecule has 3 heteroatoms. The van der Waals surface area contributed by atoms with Gasteiger partial charge in [0.2, 0.25) is 0 Å². The van der Waals surface area contributed by atoms with Crippen LogP contribution in [0.25, 0.3) is 0 Å². The molecular weight excluding hydrogens is 348 g/mol. The first-order valence-electron chi connectivity index (χ1n) is 12.3. The van der Waals surface area contributed by atoms with Crippen LogP contribution in [0.3, 0.4) is 0 Å². The average Bonchev–Trinajstić information content (AvgIpc) is 3.37. The first-order valence-corrected chi connectivity index (χ1v) is 12.3. The van der Waals surface area contributed by atoms with Crippen molar-refractivity contribution in [2.45, 2.75) is 149 Å². The Kier molecular flexibility index (Phi) is 10.3. The van der Waals surface area contributed by atoms with Gasteiger partial charge < -0.3 is 14.2 Å². The average molecular weight is 397 g/mol. The van der Waals surface area contributed by atoms with Crippen LogP contribution in [0.15, 0.2) is 0 Å². The Bertz CT molecular complexity index is 410. The minimum absolute atomic E-state index is 0.186. The fraction of sp³-hybridized carbons (Fsp3) is 1.00. The van der Waals surface area contributed by atoms with E-state index in [-0.39, 0.29) is 12.2 Å². The van der Waals surface area contributed by atoms with Crippen LogP contribution >= 0.6 is 0 Å². The molecule has 1 heterocycles. The van der Waals surface area contributed by atoms with Gasteiger partial charge in [0.25, 0.3) is 0 Å². The minimum atomic E-state index is -0.473. The molecule has 28 heavy (non-hydrogen) atoms. The van der Waals surface area contributed by atoms with E-state index in [0.717, 1.165) is 5.92 Å². The number of hydrogen-bond donors (Lipinski definition) is 0. The second-order valence-corrected chi connectivity index (χ2v) is 10.1. The van der Waals surface area contributed by atoms with Gasteiger partial charge in [-0.15, -0.1) is 0 Å². The predicted molar refractivity (Wildman–Crippen MR) is 118 cm³/mol. The Labute approximate surface area is 175 Å². The van der Waals surface area contributed by atoms with Crippen molar-refractivity contribution in [1.82, 2.24) is 0 Å². The number of hydrogen-bond acceptors (Lipinski definition) is 3. The van der Waals surface area contributed by atoms with Gasteiger partial charge in [-0.05, 0) is 79.1 Å². The van der Waals surface area contributed by atoms with Crippen LogP contribution in [-0.2, 0) is 14.2 Å². The first kappa shape index (κ1) is 24.2. The molecule has 1 aliphatic carbocycles. The maximum Gasteiger partial charge on any atom is 0.168 e. The topological polar surface area (TPSA) is 31.0 Å². The summed E-state index contributed by atoms with van der Waals surface area (Å²) in [7, 11) is 0. The van der Waals surface area contributed by atoms with Crippen molar-refractivity contribution in [2.24, 2.45) is 11.8 Å². The van der Waals surface area contributed by atoms with Crippen LogP contribution in [-0.4, -0.2) is 30.2 Å². The molecule has 1 saturated heterocycles. The van der Waals surface area contributed by atoms with E-state index < -0.39 is 5.79 Å². The number of rotatable bonds is 15. The van der Waals surface area contributed by atoms with Crippen molar-refractivity contribution in [3.63, 3.8) is 0 Å². The largest absolute Gasteiger partial charge is 0.370 e. The Morgan fingerprint density at radius 1 is 0.857 bits per heavy atom. The number of ether oxygens (including phenoxy) is 3. The highest BCUT2D eigenvalue weighted by molar-refractivity contribution is 4.92. The molecule has 0 bridgehead atoms. The van der Waals surface area contributed by atoms with Crippen LogP contribution in [0.4, 0.5) is 0 Å². The summed E-state index contributed by atoms with van der Waals surface area (Å²) in [6.07, 6.45) is 17.3. The molecule has 2 fully saturated rings. The van der Waals surface area contributed by atoms with Crippen LogP contribution in [0.2, 0.25) is 0 Å². The second kappa shape index (κ2) is 11.9. The molecule has 4 atom stereocenters. The van der Waals surface area contributed by atoms with Crippen molar-refractivity contribution >= 4 is 0 Å². The van der Waals surface area contributed by atoms with Crippen molar-refractivity contribution in [3.05, 3.63) is 0 Å². The number of epoxide rings is 1. The molecule has 1 aliphatic heterocycles. The van der Waals surface area contributed by atoms with Gasteiger partial charge in [0.05, 0.1) is 24.4 Å². The fourth-order valence-electron chi connectivity index (χ4n) is 5.18. The van der Waals surface area contributed by atoms with Gasteiger partial charge in [-0.1, -0.05) is 45.4 Å². The second-order valence-electron chi connectivity index (χ2n) is 10.1. The highest BCUT2D eigenvalue weighted by Gasteiger charge is 2.44. The molecule has 0 radical (unpaired) electrons. The monoisotopic (exact) mass is 396 g/mol. The first-order chi connectivity index (χ1) is 13.3. The third-order valence-electron chi connectivity index (χ3n) is 6.62. The van der Waals surface area contributed by atoms with E-state index in [1.807, 2.05) is 0 Å². The normalized spacial score (nSPS) is 25.9. The SMILES string of the molecule is CCCCCCCCC(CCC1CCC2OC2C1)C(C)(OC(C)C)OC(C)C. The zero-order valence-corrected chi connectivity index (χ0v) is 19.7. The molecule has 4 unspecified atom stereocenters. The zero-order chi connectivity index (χ0) is 20.6. The van der Waals surface area contributed by atoms with E-state index in [1.54, 1.807) is 0 Å². The third-order valence-corrected chi connectivity index (χ3v) is 6.62. The van der Waals surface area contributed by atoms with Crippen LogP contribution in [0.5, 0.6) is 0 Å². The summed E-state index contributed by atoms with van der Waals surface area (Å²) >= 11 is 0. The number of fused-ring (bicyclic) bond motifs is 1. The zero-order valence-electron chi connectivity index (χ0n) is 19.7. The van der Waals surface area contributed by atoms with Gasteiger partial charge >= 0.3 is 0 Å². The minimum Gasteiger partial charge on any atom is -0.370 e. The van der Waals surface area contributed by atoms with E-state index in [4.69, 9.17) is 14.2 Å². The van der Waals surface area contributed by atoms with E-state index >= 15 is 0 Å². The van der Waals surface area contributed by atoms with Crippen LogP contribution < -0.4 is 0 Å². The molecule has 0 N–H and O–H groups in total. The molecule has 0 aromatic carbocycles. The summed E-state index contributed by atoms with van der Waals surface area (Å²) in [5.74, 6) is 0.832. The number of unbranched alkanes of at least 4 members (excludes halogenated alkanes) is 5. The molecule has 0 aromatic rings. The molecule has 0 amide bonds. The van der Waals surface area contributed by atoms with Gasteiger partial charge in [0.1, 0.15) is 0 Å². The van der Waals surface area contributed by atoms with Gasteiger partial charge in [-0.3, -0.25) is 0 Å². The Morgan fingerprint density at radius 3 is 2.11 bits per heavy atom. The van der Waals surface area contributed by atoms with Crippen molar-refractivity contribution < 1.29 is 14.2 Å². The Morgan fingerprint density at radius 2 is 1.50 bits per heavy atom. The Hall–Kier alpha value is -0.120. The standard InChI is InChI=1S/C25H48O3/c1-7-8-9-10-11-12-13-22(25(6,27-19(2)3)28-20(4)5)16-14-21-15-17-23-24(18-21)26-23/h19-24H,7-18H2,1-6H3. The van der Waals surface area contributed by atoms with Crippen molar-refractivity contribution in [2.75, 3.05) is 0 Å². The Balaban J connectivity index is 1.91. The molecule has 2 aliphatic rings. The summed E-state index contributed by atoms with van der Waals surface area (Å²) in [5.41, 5.74) is 0. The lowest BCUT2D eigenvalue weighted by Crippen LogP contribution is -2.44. The highest BCUT2D eigenvalue weighted by Crippen LogP contribution is 2.43. The molecular formula is C25H48O3. The van der Waals surface area contributed by atoms with Crippen LogP contribution in [0.1, 0.15) is 119 Å². The quantitative estimate of drug-likeness (QED) is 0.166. The van der Waals surface area contributed by atoms with Gasteiger partial charge in [0, 0.05) is 5.92 Å². The molecule has 3 nitrogen and oxygen atoms in total. The molecule has 166 valence electrons. The summed E-state index contributed by atoms with van der Waals surface area (Å²) in [6.45, 7) is 13.0. The van der Waals surface area contributed by atoms with E-state index in [0.29, 0.717) is 18.1 Å². The summed E-state index contributed by atoms with van der Waals surface area (Å²) < 4.78 is 18.6. The highest BCUT2D eigenvalue weighted by atomic mass is 16.7. The van der Waals surface area contributed by atoms with E-state index in [2.05, 4.69) is 41.5 Å². The maximum absolute atomic E-state index is 6.43. The summed E-state index contributed by atoms with van der Waals surface area (Å²) in [5, 5.41) is 0. The van der Waals surface area contributed by atoms with Crippen molar-refractivity contribution in [3.8, 4) is 0 Å². The maximum atomic E-state index is 6.43. The lowest BCUT2D eigenvalue weighted by atomic mass is 9.81. The third kappa shape index (κ3) is 8.32.